The molecule has 3 rings (SSSR count). The van der Waals surface area contributed by atoms with E-state index in [1.807, 2.05) is 6.08 Å². The van der Waals surface area contributed by atoms with Gasteiger partial charge >= 0.3 is 0 Å². The third-order valence-electron chi connectivity index (χ3n) is 3.35. The van der Waals surface area contributed by atoms with E-state index in [1.165, 1.54) is 17.8 Å². The van der Waals surface area contributed by atoms with Crippen LogP contribution in [0, 0.1) is 11.6 Å². The van der Waals surface area contributed by atoms with Crippen molar-refractivity contribution in [1.82, 2.24) is 14.8 Å². The van der Waals surface area contributed by atoms with Crippen LogP contribution in [0.5, 0.6) is 0 Å². The first-order valence-electron chi connectivity index (χ1n) is 6.79. The van der Waals surface area contributed by atoms with E-state index in [1.54, 1.807) is 6.07 Å². The zero-order valence-electron chi connectivity index (χ0n) is 11.4. The molecule has 1 aromatic carbocycles. The third kappa shape index (κ3) is 3.15. The van der Waals surface area contributed by atoms with Crippen LogP contribution in [0.25, 0.3) is 0 Å². The first-order chi connectivity index (χ1) is 10.2. The van der Waals surface area contributed by atoms with Gasteiger partial charge in [-0.2, -0.15) is 0 Å². The summed E-state index contributed by atoms with van der Waals surface area (Å²) in [7, 11) is 0. The van der Waals surface area contributed by atoms with Crippen LogP contribution in [0.4, 0.5) is 8.78 Å². The first-order valence-corrected chi connectivity index (χ1v) is 7.78. The van der Waals surface area contributed by atoms with Gasteiger partial charge in [0, 0.05) is 18.2 Å². The van der Waals surface area contributed by atoms with Crippen LogP contribution >= 0.6 is 11.8 Å². The molecule has 110 valence electrons. The fourth-order valence-electron chi connectivity index (χ4n) is 2.13. The molecule has 3 nitrogen and oxygen atoms in total. The maximum atomic E-state index is 13.2. The Hall–Kier alpha value is -1.69. The van der Waals surface area contributed by atoms with Crippen molar-refractivity contribution in [3.63, 3.8) is 0 Å². The highest BCUT2D eigenvalue weighted by Crippen LogP contribution is 2.40. The number of halogens is 2. The van der Waals surface area contributed by atoms with Crippen molar-refractivity contribution >= 4 is 11.8 Å². The van der Waals surface area contributed by atoms with Crippen molar-refractivity contribution in [2.45, 2.75) is 36.2 Å². The van der Waals surface area contributed by atoms with Gasteiger partial charge in [0.15, 0.2) is 16.8 Å². The largest absolute Gasteiger partial charge is 0.302 e. The molecule has 0 spiro atoms. The SMILES string of the molecule is C=CCn1c(SCc2ccc(F)c(F)c2)nnc1C1CC1. The van der Waals surface area contributed by atoms with Gasteiger partial charge in [-0.05, 0) is 30.5 Å². The van der Waals surface area contributed by atoms with Gasteiger partial charge in [-0.1, -0.05) is 23.9 Å². The Morgan fingerprint density at radius 2 is 2.10 bits per heavy atom. The van der Waals surface area contributed by atoms with Crippen molar-refractivity contribution in [3.05, 3.63) is 53.9 Å². The number of thioether (sulfide) groups is 1. The van der Waals surface area contributed by atoms with Crippen LogP contribution in [0.2, 0.25) is 0 Å². The predicted molar refractivity (Wildman–Crippen MR) is 78.1 cm³/mol. The lowest BCUT2D eigenvalue weighted by Gasteiger charge is -2.07. The predicted octanol–water partition coefficient (Wildman–Crippen LogP) is 3.91. The molecule has 0 N–H and O–H groups in total. The summed E-state index contributed by atoms with van der Waals surface area (Å²) in [6.07, 6.45) is 4.13. The molecular weight excluding hydrogens is 292 g/mol. The van der Waals surface area contributed by atoms with Crippen LogP contribution in [0.3, 0.4) is 0 Å². The zero-order chi connectivity index (χ0) is 14.8. The Bertz CT molecular complexity index is 665. The molecular formula is C15H15F2N3S. The Labute approximate surface area is 126 Å². The normalized spacial score (nSPS) is 14.4. The standard InChI is InChI=1S/C15H15F2N3S/c1-2-7-20-14(11-4-5-11)18-19-15(20)21-9-10-3-6-12(16)13(17)8-10/h2-3,6,8,11H,1,4-5,7,9H2. The van der Waals surface area contributed by atoms with E-state index in [0.29, 0.717) is 18.2 Å². The molecule has 1 fully saturated rings. The van der Waals surface area contributed by atoms with Crippen molar-refractivity contribution in [2.75, 3.05) is 0 Å². The average molecular weight is 307 g/mol. The lowest BCUT2D eigenvalue weighted by molar-refractivity contribution is 0.507. The van der Waals surface area contributed by atoms with Gasteiger partial charge in [-0.15, -0.1) is 16.8 Å². The Morgan fingerprint density at radius 1 is 1.29 bits per heavy atom. The summed E-state index contributed by atoms with van der Waals surface area (Å²) < 4.78 is 28.1. The molecule has 0 atom stereocenters. The molecule has 6 heteroatoms. The van der Waals surface area contributed by atoms with Crippen molar-refractivity contribution in [3.8, 4) is 0 Å². The number of rotatable bonds is 6. The summed E-state index contributed by atoms with van der Waals surface area (Å²) in [6.45, 7) is 4.43. The summed E-state index contributed by atoms with van der Waals surface area (Å²) in [5.41, 5.74) is 0.722. The number of nitrogens with zero attached hydrogens (tertiary/aromatic N) is 3. The minimum atomic E-state index is -0.824. The third-order valence-corrected chi connectivity index (χ3v) is 4.39. The maximum Gasteiger partial charge on any atom is 0.191 e. The zero-order valence-corrected chi connectivity index (χ0v) is 12.2. The van der Waals surface area contributed by atoms with Gasteiger partial charge in [0.1, 0.15) is 5.82 Å². The average Bonchev–Trinajstić information content (AvgIpc) is 3.24. The highest BCUT2D eigenvalue weighted by molar-refractivity contribution is 7.98. The summed E-state index contributed by atoms with van der Waals surface area (Å²) >= 11 is 1.47. The van der Waals surface area contributed by atoms with Crippen LogP contribution in [-0.4, -0.2) is 14.8 Å². The summed E-state index contributed by atoms with van der Waals surface area (Å²) in [5, 5.41) is 9.26. The monoisotopic (exact) mass is 307 g/mol. The quantitative estimate of drug-likeness (QED) is 0.599. The molecule has 0 amide bonds. The smallest absolute Gasteiger partial charge is 0.191 e. The Balaban J connectivity index is 1.75. The number of aromatic nitrogens is 3. The van der Waals surface area contributed by atoms with Crippen LogP contribution < -0.4 is 0 Å². The molecule has 1 saturated carbocycles. The van der Waals surface area contributed by atoms with Crippen LogP contribution in [-0.2, 0) is 12.3 Å². The van der Waals surface area contributed by atoms with E-state index in [0.717, 1.165) is 35.5 Å². The first kappa shape index (κ1) is 14.3. The lowest BCUT2D eigenvalue weighted by atomic mass is 10.2. The molecule has 21 heavy (non-hydrogen) atoms. The van der Waals surface area contributed by atoms with Gasteiger partial charge in [0.25, 0.3) is 0 Å². The van der Waals surface area contributed by atoms with Gasteiger partial charge in [-0.3, -0.25) is 0 Å². The second-order valence-corrected chi connectivity index (χ2v) is 5.99. The second kappa shape index (κ2) is 5.97. The molecule has 2 aromatic rings. The topological polar surface area (TPSA) is 30.7 Å². The minimum Gasteiger partial charge on any atom is -0.302 e. The Kier molecular flexibility index (Phi) is 4.05. The van der Waals surface area contributed by atoms with Crippen LogP contribution in [0.1, 0.15) is 30.1 Å². The molecule has 1 aliphatic carbocycles. The number of benzene rings is 1. The van der Waals surface area contributed by atoms with E-state index in [2.05, 4.69) is 21.3 Å². The van der Waals surface area contributed by atoms with E-state index < -0.39 is 11.6 Å². The fourth-order valence-corrected chi connectivity index (χ4v) is 3.03. The number of hydrogen-bond donors (Lipinski definition) is 0. The van der Waals surface area contributed by atoms with Crippen molar-refractivity contribution < 1.29 is 8.78 Å². The molecule has 0 unspecified atom stereocenters. The highest BCUT2D eigenvalue weighted by atomic mass is 32.2. The molecule has 1 aliphatic rings. The Morgan fingerprint density at radius 3 is 2.76 bits per heavy atom. The molecule has 0 aliphatic heterocycles. The van der Waals surface area contributed by atoms with Gasteiger partial charge in [0.05, 0.1) is 0 Å². The van der Waals surface area contributed by atoms with E-state index >= 15 is 0 Å². The number of hydrogen-bond acceptors (Lipinski definition) is 3. The van der Waals surface area contributed by atoms with Gasteiger partial charge in [0.2, 0.25) is 0 Å². The van der Waals surface area contributed by atoms with Crippen molar-refractivity contribution in [1.29, 1.82) is 0 Å². The summed E-state index contributed by atoms with van der Waals surface area (Å²) in [4.78, 5) is 0. The summed E-state index contributed by atoms with van der Waals surface area (Å²) in [5.74, 6) is 0.392. The maximum absolute atomic E-state index is 13.2. The van der Waals surface area contributed by atoms with Gasteiger partial charge < -0.3 is 4.57 Å². The fraction of sp³-hybridized carbons (Fsp3) is 0.333. The molecule has 1 aromatic heterocycles. The van der Waals surface area contributed by atoms with Crippen LogP contribution in [0.15, 0.2) is 36.0 Å². The van der Waals surface area contributed by atoms with E-state index in [9.17, 15) is 8.78 Å². The second-order valence-electron chi connectivity index (χ2n) is 5.05. The number of allylic oxidation sites excluding steroid dienone is 1. The molecule has 0 bridgehead atoms. The van der Waals surface area contributed by atoms with Gasteiger partial charge in [-0.25, -0.2) is 8.78 Å². The molecule has 0 radical (unpaired) electrons. The van der Waals surface area contributed by atoms with E-state index in [-0.39, 0.29) is 0 Å². The van der Waals surface area contributed by atoms with E-state index in [4.69, 9.17) is 0 Å². The highest BCUT2D eigenvalue weighted by Gasteiger charge is 2.30. The summed E-state index contributed by atoms with van der Waals surface area (Å²) in [6, 6.07) is 3.95. The van der Waals surface area contributed by atoms with Crippen molar-refractivity contribution in [2.24, 2.45) is 0 Å². The molecule has 0 saturated heterocycles. The minimum absolute atomic E-state index is 0.509. The lowest BCUT2D eigenvalue weighted by Crippen LogP contribution is -2.02. The molecule has 1 heterocycles.